The van der Waals surface area contributed by atoms with Crippen LogP contribution in [0.25, 0.3) is 10.8 Å². The van der Waals surface area contributed by atoms with E-state index in [0.29, 0.717) is 62.5 Å². The van der Waals surface area contributed by atoms with Gasteiger partial charge in [-0.05, 0) is 61.2 Å². The van der Waals surface area contributed by atoms with Gasteiger partial charge in [-0.15, -0.1) is 11.6 Å². The Morgan fingerprint density at radius 2 is 2.03 bits per heavy atom. The van der Waals surface area contributed by atoms with Crippen molar-refractivity contribution < 1.29 is 22.7 Å². The number of nitrogens with one attached hydrogen (secondary N) is 1. The number of sulfonamides is 1. The molecule has 1 atom stereocenters. The van der Waals surface area contributed by atoms with Crippen molar-refractivity contribution in [2.75, 3.05) is 42.3 Å². The maximum Gasteiger partial charge on any atom is 0.258 e. The summed E-state index contributed by atoms with van der Waals surface area (Å²) in [5.74, 6) is 0.420. The molecule has 0 bridgehead atoms. The lowest BCUT2D eigenvalue weighted by Gasteiger charge is -2.31. The topological polar surface area (TPSA) is 96.0 Å². The first-order valence-corrected chi connectivity index (χ1v) is 14.9. The number of hydrogen-bond donors (Lipinski definition) is 1. The Balaban J connectivity index is 1.22. The van der Waals surface area contributed by atoms with Crippen LogP contribution in [0.15, 0.2) is 53.4 Å². The number of amides is 2. The predicted octanol–water partition coefficient (Wildman–Crippen LogP) is 4.40. The van der Waals surface area contributed by atoms with Crippen molar-refractivity contribution in [3.63, 3.8) is 0 Å². The number of anilines is 2. The average Bonchev–Trinajstić information content (AvgIpc) is 3.52. The van der Waals surface area contributed by atoms with Crippen molar-refractivity contribution in [2.45, 2.75) is 30.6 Å². The van der Waals surface area contributed by atoms with E-state index in [9.17, 15) is 18.0 Å². The van der Waals surface area contributed by atoms with Crippen LogP contribution in [-0.2, 0) is 21.2 Å². The van der Waals surface area contributed by atoms with Gasteiger partial charge < -0.3 is 15.0 Å². The highest BCUT2D eigenvalue weighted by Crippen LogP contribution is 2.41. The van der Waals surface area contributed by atoms with E-state index < -0.39 is 15.9 Å². The Kier molecular flexibility index (Phi) is 6.53. The summed E-state index contributed by atoms with van der Waals surface area (Å²) in [4.78, 5) is 28.4. The number of carbonyl (C=O) groups excluding carboxylic acids is 2. The number of hydrogen-bond acceptors (Lipinski definition) is 5. The van der Waals surface area contributed by atoms with Crippen LogP contribution >= 0.6 is 11.6 Å². The highest BCUT2D eigenvalue weighted by molar-refractivity contribution is 7.89. The Bertz CT molecular complexity index is 1560. The lowest BCUT2D eigenvalue weighted by molar-refractivity contribution is -0.120. The molecule has 3 heterocycles. The molecule has 0 radical (unpaired) electrons. The fraction of sp³-hybridized carbons (Fsp3) is 0.357. The molecule has 2 amide bonds. The van der Waals surface area contributed by atoms with Crippen LogP contribution in [0.4, 0.5) is 11.4 Å². The van der Waals surface area contributed by atoms with E-state index in [0.717, 1.165) is 27.8 Å². The second-order valence-electron chi connectivity index (χ2n) is 9.92. The number of rotatable bonds is 7. The summed E-state index contributed by atoms with van der Waals surface area (Å²) in [7, 11) is -3.74. The molecule has 6 rings (SSSR count). The molecule has 1 unspecified atom stereocenters. The van der Waals surface area contributed by atoms with Crippen molar-refractivity contribution >= 4 is 55.6 Å². The van der Waals surface area contributed by atoms with Crippen LogP contribution in [0.1, 0.15) is 35.2 Å². The lowest BCUT2D eigenvalue weighted by atomic mass is 9.98. The number of carbonyl (C=O) groups is 2. The van der Waals surface area contributed by atoms with Crippen LogP contribution in [0.2, 0.25) is 0 Å². The Hall–Kier alpha value is -3.14. The van der Waals surface area contributed by atoms with E-state index in [1.54, 1.807) is 29.2 Å². The molecule has 0 aromatic heterocycles. The zero-order chi connectivity index (χ0) is 26.4. The molecule has 1 fully saturated rings. The normalized spacial score (nSPS) is 19.0. The van der Waals surface area contributed by atoms with E-state index in [1.165, 1.54) is 4.31 Å². The van der Waals surface area contributed by atoms with Gasteiger partial charge in [0.05, 0.1) is 23.1 Å². The molecule has 3 aliphatic heterocycles. The number of alkyl halides is 1. The highest BCUT2D eigenvalue weighted by atomic mass is 35.5. The van der Waals surface area contributed by atoms with Crippen molar-refractivity contribution in [1.82, 2.24) is 4.31 Å². The molecule has 0 spiro atoms. The molecule has 0 saturated carbocycles. The van der Waals surface area contributed by atoms with Crippen LogP contribution in [0, 0.1) is 5.92 Å². The third kappa shape index (κ3) is 4.22. The van der Waals surface area contributed by atoms with Gasteiger partial charge in [0.2, 0.25) is 15.9 Å². The molecule has 1 N–H and O–H groups in total. The number of nitrogens with zero attached hydrogens (tertiary/aromatic N) is 2. The quantitative estimate of drug-likeness (QED) is 0.437. The average molecular weight is 554 g/mol. The van der Waals surface area contributed by atoms with Crippen LogP contribution < -0.4 is 15.0 Å². The molecule has 3 aromatic carbocycles. The standard InChI is InChI=1S/C28H28ClN3O5S/c29-12-3-14-32-24-9-8-23(21-5-1-6-22(26(21)24)28(32)34)30-27(33)19-4-2-13-31(17-19)38(35,36)20-7-10-25-18(16-20)11-15-37-25/h1,5-10,16,19H,2-4,11-15,17H2,(H,30,33). The van der Waals surface area contributed by atoms with Gasteiger partial charge in [0.25, 0.3) is 5.91 Å². The zero-order valence-corrected chi connectivity index (χ0v) is 22.4. The number of fused-ring (bicyclic) bond motifs is 1. The third-order valence-corrected chi connectivity index (χ3v) is 9.74. The van der Waals surface area contributed by atoms with Crippen LogP contribution in [0.5, 0.6) is 5.75 Å². The third-order valence-electron chi connectivity index (χ3n) is 7.61. The number of ether oxygens (including phenoxy) is 1. The van der Waals surface area contributed by atoms with Crippen molar-refractivity contribution in [3.8, 4) is 5.75 Å². The minimum atomic E-state index is -3.74. The van der Waals surface area contributed by atoms with Crippen LogP contribution in [0.3, 0.4) is 0 Å². The zero-order valence-electron chi connectivity index (χ0n) is 20.8. The number of piperidine rings is 1. The Morgan fingerprint density at radius 3 is 2.87 bits per heavy atom. The highest BCUT2D eigenvalue weighted by Gasteiger charge is 2.35. The summed E-state index contributed by atoms with van der Waals surface area (Å²) in [6, 6.07) is 14.2. The van der Waals surface area contributed by atoms with Crippen molar-refractivity contribution in [3.05, 3.63) is 59.7 Å². The van der Waals surface area contributed by atoms with Gasteiger partial charge >= 0.3 is 0 Å². The molecule has 0 aliphatic carbocycles. The molecule has 198 valence electrons. The van der Waals surface area contributed by atoms with Crippen molar-refractivity contribution in [1.29, 1.82) is 0 Å². The first kappa shape index (κ1) is 25.2. The van der Waals surface area contributed by atoms with Gasteiger partial charge in [-0.1, -0.05) is 12.1 Å². The van der Waals surface area contributed by atoms with Gasteiger partial charge in [-0.25, -0.2) is 8.42 Å². The molecule has 1 saturated heterocycles. The van der Waals surface area contributed by atoms with E-state index in [1.807, 2.05) is 24.3 Å². The predicted molar refractivity (Wildman–Crippen MR) is 147 cm³/mol. The largest absolute Gasteiger partial charge is 0.493 e. The molecule has 38 heavy (non-hydrogen) atoms. The summed E-state index contributed by atoms with van der Waals surface area (Å²) in [5, 5.41) is 4.63. The van der Waals surface area contributed by atoms with E-state index >= 15 is 0 Å². The second kappa shape index (κ2) is 9.87. The maximum atomic E-state index is 13.4. The fourth-order valence-corrected chi connectivity index (χ4v) is 7.37. The van der Waals surface area contributed by atoms with Gasteiger partial charge in [0, 0.05) is 54.0 Å². The minimum absolute atomic E-state index is 0.0644. The van der Waals surface area contributed by atoms with E-state index in [2.05, 4.69) is 5.32 Å². The summed E-state index contributed by atoms with van der Waals surface area (Å²) >= 11 is 5.86. The van der Waals surface area contributed by atoms with Gasteiger partial charge in [-0.2, -0.15) is 4.31 Å². The minimum Gasteiger partial charge on any atom is -0.493 e. The van der Waals surface area contributed by atoms with Gasteiger partial charge in [0.1, 0.15) is 5.75 Å². The number of halogens is 1. The molecule has 8 nitrogen and oxygen atoms in total. The summed E-state index contributed by atoms with van der Waals surface area (Å²) in [5.41, 5.74) is 2.93. The molecule has 10 heteroatoms. The van der Waals surface area contributed by atoms with E-state index in [4.69, 9.17) is 16.3 Å². The summed E-state index contributed by atoms with van der Waals surface area (Å²) < 4.78 is 33.8. The molecular weight excluding hydrogens is 526 g/mol. The summed E-state index contributed by atoms with van der Waals surface area (Å²) in [6.07, 6.45) is 2.57. The Morgan fingerprint density at radius 1 is 1.16 bits per heavy atom. The van der Waals surface area contributed by atoms with Crippen LogP contribution in [-0.4, -0.2) is 56.7 Å². The second-order valence-corrected chi connectivity index (χ2v) is 12.2. The van der Waals surface area contributed by atoms with E-state index in [-0.39, 0.29) is 23.3 Å². The Labute approximate surface area is 226 Å². The number of benzene rings is 3. The van der Waals surface area contributed by atoms with Gasteiger partial charge in [0.15, 0.2) is 0 Å². The first-order valence-electron chi connectivity index (χ1n) is 12.9. The van der Waals surface area contributed by atoms with Crippen molar-refractivity contribution in [2.24, 2.45) is 5.92 Å². The molecule has 3 aromatic rings. The lowest BCUT2D eigenvalue weighted by Crippen LogP contribution is -2.43. The SMILES string of the molecule is O=C(Nc1ccc2c3c(cccc13)C(=O)N2CCCCl)C1CCCN(S(=O)(=O)c2ccc3c(c2)CCO3)C1. The smallest absolute Gasteiger partial charge is 0.258 e. The maximum absolute atomic E-state index is 13.4. The molecular formula is C28H28ClN3O5S. The fourth-order valence-electron chi connectivity index (χ4n) is 5.68. The first-order chi connectivity index (χ1) is 18.4. The monoisotopic (exact) mass is 553 g/mol. The van der Waals surface area contributed by atoms with Gasteiger partial charge in [-0.3, -0.25) is 9.59 Å². The molecule has 3 aliphatic rings. The summed E-state index contributed by atoms with van der Waals surface area (Å²) in [6.45, 7) is 1.58.